The lowest BCUT2D eigenvalue weighted by molar-refractivity contribution is -0.140. The van der Waals surface area contributed by atoms with Crippen LogP contribution in [-0.4, -0.2) is 34.8 Å². The molecule has 2 aromatic carbocycles. The molecule has 32 heavy (non-hydrogen) atoms. The third-order valence-electron chi connectivity index (χ3n) is 6.34. The molecule has 2 aromatic rings. The van der Waals surface area contributed by atoms with Crippen molar-refractivity contribution in [2.24, 2.45) is 5.92 Å². The van der Waals surface area contributed by atoms with Crippen molar-refractivity contribution < 1.29 is 19.7 Å². The molecule has 2 N–H and O–H groups in total. The highest BCUT2D eigenvalue weighted by molar-refractivity contribution is 6.21. The number of methoxy groups -OCH3 is 1. The number of halogens is 1. The van der Waals surface area contributed by atoms with Crippen molar-refractivity contribution in [1.29, 1.82) is 0 Å². The first-order valence-electron chi connectivity index (χ1n) is 11.4. The van der Waals surface area contributed by atoms with E-state index in [2.05, 4.69) is 16.9 Å². The summed E-state index contributed by atoms with van der Waals surface area (Å²) in [4.78, 5) is 11.2. The van der Waals surface area contributed by atoms with Crippen molar-refractivity contribution in [3.63, 3.8) is 0 Å². The molecule has 3 rings (SSSR count). The van der Waals surface area contributed by atoms with Crippen LogP contribution < -0.4 is 0 Å². The number of rotatable bonds is 10. The number of carbonyl (C=O) groups excluding carboxylic acids is 1. The van der Waals surface area contributed by atoms with Crippen molar-refractivity contribution in [2.75, 3.05) is 7.11 Å². The molecule has 1 aliphatic carbocycles. The predicted molar refractivity (Wildman–Crippen MR) is 128 cm³/mol. The summed E-state index contributed by atoms with van der Waals surface area (Å²) in [5.74, 6) is -0.0725. The number of benzene rings is 2. The van der Waals surface area contributed by atoms with Crippen LogP contribution in [0.1, 0.15) is 60.8 Å². The zero-order valence-electron chi connectivity index (χ0n) is 18.6. The van der Waals surface area contributed by atoms with Crippen LogP contribution in [0.25, 0.3) is 0 Å². The van der Waals surface area contributed by atoms with Gasteiger partial charge in [-0.05, 0) is 48.3 Å². The second kappa shape index (κ2) is 12.2. The van der Waals surface area contributed by atoms with Gasteiger partial charge in [-0.1, -0.05) is 66.7 Å². The third-order valence-corrected chi connectivity index (χ3v) is 6.84. The first-order chi connectivity index (χ1) is 15.5. The Hall–Kier alpha value is -2.14. The van der Waals surface area contributed by atoms with E-state index in [1.54, 1.807) is 0 Å². The van der Waals surface area contributed by atoms with Crippen LogP contribution in [-0.2, 0) is 16.0 Å². The number of hydrogen-bond acceptors (Lipinski definition) is 4. The second-order valence-electron chi connectivity index (χ2n) is 8.56. The van der Waals surface area contributed by atoms with E-state index < -0.39 is 12.2 Å². The van der Waals surface area contributed by atoms with Gasteiger partial charge in [0.1, 0.15) is 0 Å². The summed E-state index contributed by atoms with van der Waals surface area (Å²) in [7, 11) is 1.40. The van der Waals surface area contributed by atoms with Crippen molar-refractivity contribution in [1.82, 2.24) is 0 Å². The summed E-state index contributed by atoms with van der Waals surface area (Å²) in [5.41, 5.74) is 3.02. The molecule has 5 heteroatoms. The third kappa shape index (κ3) is 6.68. The number of alkyl halides is 1. The van der Waals surface area contributed by atoms with E-state index in [-0.39, 0.29) is 23.2 Å². The molecule has 0 bridgehead atoms. The number of aliphatic hydroxyl groups is 2. The fourth-order valence-electron chi connectivity index (χ4n) is 4.56. The minimum Gasteiger partial charge on any atom is -0.469 e. The monoisotopic (exact) mass is 456 g/mol. The van der Waals surface area contributed by atoms with Crippen LogP contribution in [0.3, 0.4) is 0 Å². The van der Waals surface area contributed by atoms with Crippen molar-refractivity contribution in [3.8, 4) is 0 Å². The number of esters is 1. The SMILES string of the molecule is COC(=O)CCCC=CC[C@@H]1[C@@H](c2ccc(C(O)Cc3ccccc3)cc2)[C@H](O)C[C@H]1Cl. The van der Waals surface area contributed by atoms with E-state index in [4.69, 9.17) is 11.6 Å². The van der Waals surface area contributed by atoms with Gasteiger partial charge in [0.05, 0.1) is 19.3 Å². The summed E-state index contributed by atoms with van der Waals surface area (Å²) in [6.07, 6.45) is 7.08. The summed E-state index contributed by atoms with van der Waals surface area (Å²) in [5, 5.41) is 21.2. The molecule has 4 nitrogen and oxygen atoms in total. The van der Waals surface area contributed by atoms with Crippen LogP contribution >= 0.6 is 11.6 Å². The van der Waals surface area contributed by atoms with Gasteiger partial charge in [0.25, 0.3) is 0 Å². The Morgan fingerprint density at radius 1 is 1.16 bits per heavy atom. The maximum Gasteiger partial charge on any atom is 0.305 e. The lowest BCUT2D eigenvalue weighted by Gasteiger charge is -2.23. The summed E-state index contributed by atoms with van der Waals surface area (Å²) in [6, 6.07) is 17.9. The quantitative estimate of drug-likeness (QED) is 0.219. The molecule has 1 saturated carbocycles. The van der Waals surface area contributed by atoms with Crippen LogP contribution in [0.2, 0.25) is 0 Å². The average molecular weight is 457 g/mol. The molecular formula is C27H33ClO4. The minimum atomic E-state index is -0.565. The molecule has 0 aromatic heterocycles. The van der Waals surface area contributed by atoms with Crippen LogP contribution in [0.5, 0.6) is 0 Å². The Kier molecular flexibility index (Phi) is 9.34. The van der Waals surface area contributed by atoms with Gasteiger partial charge >= 0.3 is 5.97 Å². The van der Waals surface area contributed by atoms with Gasteiger partial charge in [-0.3, -0.25) is 4.79 Å². The molecule has 0 saturated heterocycles. The van der Waals surface area contributed by atoms with Gasteiger partial charge in [-0.2, -0.15) is 0 Å². The van der Waals surface area contributed by atoms with E-state index >= 15 is 0 Å². The van der Waals surface area contributed by atoms with Gasteiger partial charge in [0.2, 0.25) is 0 Å². The molecule has 1 fully saturated rings. The molecule has 0 aliphatic heterocycles. The van der Waals surface area contributed by atoms with Gasteiger partial charge in [-0.25, -0.2) is 0 Å². The van der Waals surface area contributed by atoms with Gasteiger partial charge in [0.15, 0.2) is 0 Å². The Morgan fingerprint density at radius 2 is 1.88 bits per heavy atom. The molecule has 1 aliphatic rings. The fourth-order valence-corrected chi connectivity index (χ4v) is 5.00. The average Bonchev–Trinajstić information content (AvgIpc) is 3.09. The molecule has 1 unspecified atom stereocenters. The van der Waals surface area contributed by atoms with Crippen molar-refractivity contribution in [3.05, 3.63) is 83.4 Å². The normalized spacial score (nSPS) is 24.0. The standard InChI is InChI=1S/C27H33ClO4/c1-32-26(31)12-8-3-2-7-11-22-23(28)18-25(30)27(22)21-15-13-20(14-16-21)24(29)17-19-9-5-4-6-10-19/h2,4-7,9-10,13-16,22-25,27,29-30H,3,8,11-12,17-18H2,1H3/t22-,23+,24?,25+,27+/m0/s1. The highest BCUT2D eigenvalue weighted by atomic mass is 35.5. The van der Waals surface area contributed by atoms with E-state index in [1.165, 1.54) is 7.11 Å². The van der Waals surface area contributed by atoms with E-state index in [9.17, 15) is 15.0 Å². The molecule has 172 valence electrons. The number of allylic oxidation sites excluding steroid dienone is 2. The lowest BCUT2D eigenvalue weighted by Crippen LogP contribution is -2.18. The maximum atomic E-state index is 11.2. The zero-order valence-corrected chi connectivity index (χ0v) is 19.3. The van der Waals surface area contributed by atoms with E-state index in [0.29, 0.717) is 19.3 Å². The smallest absolute Gasteiger partial charge is 0.305 e. The Labute approximate surface area is 195 Å². The fraction of sp³-hybridized carbons (Fsp3) is 0.444. The Bertz CT molecular complexity index is 865. The first-order valence-corrected chi connectivity index (χ1v) is 11.8. The van der Waals surface area contributed by atoms with Crippen LogP contribution in [0.4, 0.5) is 0 Å². The van der Waals surface area contributed by atoms with Crippen LogP contribution in [0, 0.1) is 5.92 Å². The second-order valence-corrected chi connectivity index (χ2v) is 9.12. The summed E-state index contributed by atoms with van der Waals surface area (Å²) in [6.45, 7) is 0. The Balaban J connectivity index is 1.59. The molecule has 0 amide bonds. The number of unbranched alkanes of at least 4 members (excludes halogenated alkanes) is 1. The molecule has 0 spiro atoms. The summed E-state index contributed by atoms with van der Waals surface area (Å²) < 4.78 is 4.66. The van der Waals surface area contributed by atoms with Gasteiger partial charge in [0, 0.05) is 24.1 Å². The molecular weight excluding hydrogens is 424 g/mol. The number of hydrogen-bond donors (Lipinski definition) is 2. The Morgan fingerprint density at radius 3 is 2.56 bits per heavy atom. The largest absolute Gasteiger partial charge is 0.469 e. The highest BCUT2D eigenvalue weighted by Gasteiger charge is 2.41. The highest BCUT2D eigenvalue weighted by Crippen LogP contribution is 2.45. The molecule has 0 radical (unpaired) electrons. The van der Waals surface area contributed by atoms with Gasteiger partial charge in [-0.15, -0.1) is 11.6 Å². The maximum absolute atomic E-state index is 11.2. The van der Waals surface area contributed by atoms with Crippen molar-refractivity contribution in [2.45, 2.75) is 62.0 Å². The zero-order chi connectivity index (χ0) is 22.9. The molecule has 0 heterocycles. The van der Waals surface area contributed by atoms with Crippen LogP contribution in [0.15, 0.2) is 66.7 Å². The summed E-state index contributed by atoms with van der Waals surface area (Å²) >= 11 is 6.60. The number of carbonyl (C=O) groups is 1. The van der Waals surface area contributed by atoms with E-state index in [0.717, 1.165) is 36.0 Å². The number of aliphatic hydroxyl groups excluding tert-OH is 2. The predicted octanol–water partition coefficient (Wildman–Crippen LogP) is 5.32. The van der Waals surface area contributed by atoms with Gasteiger partial charge < -0.3 is 14.9 Å². The number of ether oxygens (including phenoxy) is 1. The lowest BCUT2D eigenvalue weighted by atomic mass is 9.84. The topological polar surface area (TPSA) is 66.8 Å². The van der Waals surface area contributed by atoms with Crippen molar-refractivity contribution >= 4 is 17.6 Å². The molecule has 5 atom stereocenters. The minimum absolute atomic E-state index is 0.0301. The first kappa shape index (κ1) is 24.5. The van der Waals surface area contributed by atoms with E-state index in [1.807, 2.05) is 54.6 Å².